The maximum Gasteiger partial charge on any atom is 0.243 e. The summed E-state index contributed by atoms with van der Waals surface area (Å²) in [7, 11) is 1.63. The van der Waals surface area contributed by atoms with Gasteiger partial charge < -0.3 is 15.8 Å². The van der Waals surface area contributed by atoms with Crippen molar-refractivity contribution in [1.29, 1.82) is 0 Å². The van der Waals surface area contributed by atoms with Crippen LogP contribution in [0.15, 0.2) is 24.3 Å². The number of primary amides is 1. The van der Waals surface area contributed by atoms with Gasteiger partial charge in [0.15, 0.2) is 0 Å². The molecule has 4 nitrogen and oxygen atoms in total. The highest BCUT2D eigenvalue weighted by Gasteiger charge is 2.41. The Labute approximate surface area is 120 Å². The number of amides is 1. The fourth-order valence-corrected chi connectivity index (χ4v) is 3.14. The maximum atomic E-state index is 12.1. The summed E-state index contributed by atoms with van der Waals surface area (Å²) in [4.78, 5) is 12.1. The molecule has 110 valence electrons. The van der Waals surface area contributed by atoms with Crippen molar-refractivity contribution in [3.8, 4) is 5.75 Å². The van der Waals surface area contributed by atoms with Crippen LogP contribution in [0, 0.1) is 5.92 Å². The quantitative estimate of drug-likeness (QED) is 0.869. The fraction of sp³-hybridized carbons (Fsp3) is 0.562. The summed E-state index contributed by atoms with van der Waals surface area (Å²) in [5.41, 5.74) is 5.91. The van der Waals surface area contributed by atoms with Gasteiger partial charge in [0, 0.05) is 0 Å². The molecule has 1 aromatic carbocycles. The number of nitrogens with one attached hydrogen (secondary N) is 1. The third-order valence-corrected chi connectivity index (χ3v) is 4.38. The molecule has 2 atom stereocenters. The van der Waals surface area contributed by atoms with E-state index >= 15 is 0 Å². The van der Waals surface area contributed by atoms with Gasteiger partial charge in [0.25, 0.3) is 0 Å². The van der Waals surface area contributed by atoms with E-state index in [-0.39, 0.29) is 5.91 Å². The molecule has 0 spiro atoms. The average molecular weight is 276 g/mol. The summed E-state index contributed by atoms with van der Waals surface area (Å²) >= 11 is 0. The van der Waals surface area contributed by atoms with Crippen molar-refractivity contribution >= 4 is 11.6 Å². The zero-order valence-electron chi connectivity index (χ0n) is 12.3. The van der Waals surface area contributed by atoms with Crippen LogP contribution < -0.4 is 15.8 Å². The van der Waals surface area contributed by atoms with Gasteiger partial charge in [0.05, 0.1) is 12.8 Å². The van der Waals surface area contributed by atoms with Crippen LogP contribution in [0.2, 0.25) is 0 Å². The maximum absolute atomic E-state index is 12.1. The molecule has 1 aliphatic carbocycles. The van der Waals surface area contributed by atoms with E-state index in [0.717, 1.165) is 37.1 Å². The van der Waals surface area contributed by atoms with Crippen LogP contribution in [0.5, 0.6) is 5.75 Å². The summed E-state index contributed by atoms with van der Waals surface area (Å²) in [6, 6.07) is 7.66. The molecule has 3 N–H and O–H groups in total. The number of para-hydroxylation sites is 2. The zero-order chi connectivity index (χ0) is 14.6. The van der Waals surface area contributed by atoms with E-state index < -0.39 is 5.54 Å². The van der Waals surface area contributed by atoms with Gasteiger partial charge in [-0.05, 0) is 30.9 Å². The summed E-state index contributed by atoms with van der Waals surface area (Å²) in [6.45, 7) is 2.17. The number of benzene rings is 1. The minimum atomic E-state index is -0.645. The van der Waals surface area contributed by atoms with E-state index in [0.29, 0.717) is 5.92 Å². The first-order valence-corrected chi connectivity index (χ1v) is 7.32. The Kier molecular flexibility index (Phi) is 4.53. The van der Waals surface area contributed by atoms with Crippen LogP contribution in [-0.2, 0) is 4.79 Å². The third kappa shape index (κ3) is 2.89. The number of hydrogen-bond donors (Lipinski definition) is 2. The highest BCUT2D eigenvalue weighted by Crippen LogP contribution is 2.38. The molecule has 0 aromatic heterocycles. The lowest BCUT2D eigenvalue weighted by Crippen LogP contribution is -2.53. The molecule has 20 heavy (non-hydrogen) atoms. The zero-order valence-corrected chi connectivity index (χ0v) is 12.3. The van der Waals surface area contributed by atoms with Crippen molar-refractivity contribution in [3.05, 3.63) is 24.3 Å². The van der Waals surface area contributed by atoms with E-state index in [2.05, 4.69) is 12.2 Å². The molecular formula is C16H24N2O2. The van der Waals surface area contributed by atoms with Gasteiger partial charge in [-0.1, -0.05) is 38.3 Å². The van der Waals surface area contributed by atoms with Crippen LogP contribution in [0.3, 0.4) is 0 Å². The lowest BCUT2D eigenvalue weighted by atomic mass is 9.74. The standard InChI is InChI=1S/C16H24N2O2/c1-3-12-7-6-10-16(11-12,15(17)19)18-13-8-4-5-9-14(13)20-2/h4-5,8-9,12,18H,3,6-7,10-11H2,1-2H3,(H2,17,19). The number of methoxy groups -OCH3 is 1. The van der Waals surface area contributed by atoms with Gasteiger partial charge in [0.2, 0.25) is 5.91 Å². The summed E-state index contributed by atoms with van der Waals surface area (Å²) in [5.74, 6) is 1.03. The second-order valence-electron chi connectivity index (χ2n) is 5.64. The molecule has 1 fully saturated rings. The van der Waals surface area contributed by atoms with Gasteiger partial charge in [0.1, 0.15) is 11.3 Å². The number of hydrogen-bond acceptors (Lipinski definition) is 3. The monoisotopic (exact) mass is 276 g/mol. The van der Waals surface area contributed by atoms with Crippen molar-refractivity contribution < 1.29 is 9.53 Å². The SMILES string of the molecule is CCC1CCCC(Nc2ccccc2OC)(C(N)=O)C1. The van der Waals surface area contributed by atoms with Crippen molar-refractivity contribution in [2.45, 2.75) is 44.6 Å². The lowest BCUT2D eigenvalue weighted by molar-refractivity contribution is -0.123. The largest absolute Gasteiger partial charge is 0.495 e. The summed E-state index contributed by atoms with van der Waals surface area (Å²) < 4.78 is 5.35. The van der Waals surface area contributed by atoms with Crippen LogP contribution in [0.1, 0.15) is 39.0 Å². The molecule has 0 radical (unpaired) electrons. The molecule has 0 heterocycles. The highest BCUT2D eigenvalue weighted by molar-refractivity contribution is 5.88. The predicted molar refractivity (Wildman–Crippen MR) is 80.8 cm³/mol. The van der Waals surface area contributed by atoms with E-state index in [9.17, 15) is 4.79 Å². The molecule has 1 aromatic rings. The first-order chi connectivity index (χ1) is 9.61. The Bertz CT molecular complexity index is 475. The minimum absolute atomic E-state index is 0.262. The van der Waals surface area contributed by atoms with Crippen molar-refractivity contribution in [3.63, 3.8) is 0 Å². The smallest absolute Gasteiger partial charge is 0.243 e. The van der Waals surface area contributed by atoms with Crippen molar-refractivity contribution in [2.75, 3.05) is 12.4 Å². The Balaban J connectivity index is 2.27. The van der Waals surface area contributed by atoms with E-state index in [1.807, 2.05) is 24.3 Å². The van der Waals surface area contributed by atoms with Gasteiger partial charge in [-0.2, -0.15) is 0 Å². The number of carbonyl (C=O) groups excluding carboxylic acids is 1. The van der Waals surface area contributed by atoms with Gasteiger partial charge in [-0.15, -0.1) is 0 Å². The van der Waals surface area contributed by atoms with E-state index in [1.165, 1.54) is 6.42 Å². The Morgan fingerprint density at radius 1 is 1.50 bits per heavy atom. The predicted octanol–water partition coefficient (Wildman–Crippen LogP) is 2.93. The first-order valence-electron chi connectivity index (χ1n) is 7.32. The molecule has 1 aliphatic rings. The molecule has 0 aliphatic heterocycles. The van der Waals surface area contributed by atoms with E-state index in [4.69, 9.17) is 10.5 Å². The van der Waals surface area contributed by atoms with E-state index in [1.54, 1.807) is 7.11 Å². The summed E-state index contributed by atoms with van der Waals surface area (Å²) in [5, 5.41) is 3.38. The second-order valence-corrected chi connectivity index (χ2v) is 5.64. The van der Waals surface area contributed by atoms with Crippen molar-refractivity contribution in [1.82, 2.24) is 0 Å². The molecule has 2 rings (SSSR count). The molecule has 2 unspecified atom stereocenters. The number of nitrogens with two attached hydrogens (primary N) is 1. The topological polar surface area (TPSA) is 64.3 Å². The molecule has 1 amide bonds. The molecule has 0 saturated heterocycles. The number of anilines is 1. The van der Waals surface area contributed by atoms with Gasteiger partial charge in [-0.25, -0.2) is 0 Å². The van der Waals surface area contributed by atoms with Gasteiger partial charge in [-0.3, -0.25) is 4.79 Å². The first kappa shape index (κ1) is 14.7. The highest BCUT2D eigenvalue weighted by atomic mass is 16.5. The fourth-order valence-electron chi connectivity index (χ4n) is 3.14. The molecule has 0 bridgehead atoms. The average Bonchev–Trinajstić information content (AvgIpc) is 2.48. The normalized spacial score (nSPS) is 26.0. The molecular weight excluding hydrogens is 252 g/mol. The summed E-state index contributed by atoms with van der Waals surface area (Å²) in [6.07, 6.45) is 4.89. The Morgan fingerprint density at radius 2 is 2.25 bits per heavy atom. The third-order valence-electron chi connectivity index (χ3n) is 4.38. The van der Waals surface area contributed by atoms with Crippen LogP contribution >= 0.6 is 0 Å². The Hall–Kier alpha value is -1.71. The molecule has 1 saturated carbocycles. The lowest BCUT2D eigenvalue weighted by Gasteiger charge is -2.40. The minimum Gasteiger partial charge on any atom is -0.495 e. The number of ether oxygens (including phenoxy) is 1. The Morgan fingerprint density at radius 3 is 2.90 bits per heavy atom. The van der Waals surface area contributed by atoms with Crippen LogP contribution in [-0.4, -0.2) is 18.6 Å². The molecule has 4 heteroatoms. The second kappa shape index (κ2) is 6.16. The van der Waals surface area contributed by atoms with Crippen molar-refractivity contribution in [2.24, 2.45) is 11.7 Å². The van der Waals surface area contributed by atoms with Crippen LogP contribution in [0.4, 0.5) is 5.69 Å². The number of carbonyl (C=O) groups is 1. The van der Waals surface area contributed by atoms with Gasteiger partial charge >= 0.3 is 0 Å². The van der Waals surface area contributed by atoms with Crippen LogP contribution in [0.25, 0.3) is 0 Å². The number of rotatable bonds is 5.